The van der Waals surface area contributed by atoms with Crippen molar-refractivity contribution in [3.05, 3.63) is 65.7 Å². The Bertz CT molecular complexity index is 657. The highest BCUT2D eigenvalue weighted by atomic mass is 32.2. The molecule has 126 valence electrons. The molecule has 1 unspecified atom stereocenters. The molecule has 0 saturated carbocycles. The summed E-state index contributed by atoms with van der Waals surface area (Å²) < 4.78 is 0. The number of nitrogens with one attached hydrogen (secondary N) is 1. The number of thioether (sulfide) groups is 1. The van der Waals surface area contributed by atoms with Gasteiger partial charge < -0.3 is 10.2 Å². The highest BCUT2D eigenvalue weighted by molar-refractivity contribution is 7.98. The van der Waals surface area contributed by atoms with Gasteiger partial charge in [0.15, 0.2) is 0 Å². The number of carbonyl (C=O) groups excluding carboxylic acids is 1. The molecule has 1 heterocycles. The third-order valence-electron chi connectivity index (χ3n) is 4.43. The highest BCUT2D eigenvalue weighted by Crippen LogP contribution is 2.23. The first kappa shape index (κ1) is 17.1. The molecule has 1 aliphatic rings. The zero-order chi connectivity index (χ0) is 16.8. The first-order valence-corrected chi connectivity index (χ1v) is 9.49. The predicted molar refractivity (Wildman–Crippen MR) is 100 cm³/mol. The smallest absolute Gasteiger partial charge is 0.254 e. The first-order chi connectivity index (χ1) is 11.8. The number of amides is 1. The van der Waals surface area contributed by atoms with E-state index in [1.807, 2.05) is 41.9 Å². The molecule has 0 aliphatic carbocycles. The molecule has 0 radical (unpaired) electrons. The van der Waals surface area contributed by atoms with E-state index < -0.39 is 0 Å². The van der Waals surface area contributed by atoms with E-state index in [1.54, 1.807) is 0 Å². The molecule has 1 atom stereocenters. The third-order valence-corrected chi connectivity index (χ3v) is 5.51. The van der Waals surface area contributed by atoms with E-state index in [2.05, 4.69) is 41.7 Å². The number of rotatable bonds is 6. The van der Waals surface area contributed by atoms with Gasteiger partial charge in [0.2, 0.25) is 0 Å². The van der Waals surface area contributed by atoms with Crippen LogP contribution >= 0.6 is 11.8 Å². The summed E-state index contributed by atoms with van der Waals surface area (Å²) in [7, 11) is 1.94. The molecule has 4 heteroatoms. The molecule has 24 heavy (non-hydrogen) atoms. The summed E-state index contributed by atoms with van der Waals surface area (Å²) in [5.41, 5.74) is 2.04. The maximum atomic E-state index is 12.7. The van der Waals surface area contributed by atoms with Crippen LogP contribution in [0, 0.1) is 0 Å². The lowest BCUT2D eigenvalue weighted by atomic mass is 10.1. The lowest BCUT2D eigenvalue weighted by Crippen LogP contribution is -2.40. The second kappa shape index (κ2) is 8.36. The van der Waals surface area contributed by atoms with Gasteiger partial charge >= 0.3 is 0 Å². The van der Waals surface area contributed by atoms with E-state index >= 15 is 0 Å². The Morgan fingerprint density at radius 3 is 2.62 bits per heavy atom. The van der Waals surface area contributed by atoms with Crippen LogP contribution in [0.15, 0.2) is 59.5 Å². The Morgan fingerprint density at radius 1 is 1.17 bits per heavy atom. The molecular weight excluding hydrogens is 316 g/mol. The minimum atomic E-state index is 0.162. The summed E-state index contributed by atoms with van der Waals surface area (Å²) in [6.45, 7) is 1.74. The number of benzene rings is 2. The van der Waals surface area contributed by atoms with Crippen LogP contribution in [0.3, 0.4) is 0 Å². The van der Waals surface area contributed by atoms with Crippen LogP contribution in [0.2, 0.25) is 0 Å². The summed E-state index contributed by atoms with van der Waals surface area (Å²) in [5, 5.41) is 3.19. The second-order valence-corrected chi connectivity index (χ2v) is 7.20. The zero-order valence-electron chi connectivity index (χ0n) is 14.1. The van der Waals surface area contributed by atoms with Crippen molar-refractivity contribution in [2.24, 2.45) is 0 Å². The Hall–Kier alpha value is -1.78. The van der Waals surface area contributed by atoms with Gasteiger partial charge in [0.25, 0.3) is 5.91 Å². The number of carbonyl (C=O) groups is 1. The van der Waals surface area contributed by atoms with Crippen molar-refractivity contribution in [1.82, 2.24) is 10.2 Å². The molecule has 3 rings (SSSR count). The molecule has 0 aromatic heterocycles. The van der Waals surface area contributed by atoms with Gasteiger partial charge in [0.1, 0.15) is 0 Å². The van der Waals surface area contributed by atoms with Crippen molar-refractivity contribution in [3.8, 4) is 0 Å². The predicted octanol–water partition coefficient (Wildman–Crippen LogP) is 3.80. The van der Waals surface area contributed by atoms with Crippen LogP contribution in [-0.4, -0.2) is 37.0 Å². The standard InChI is InChI=1S/C20H24N2OS/c1-21-14-18-6-5-13-22(18)20(23)17-11-9-16(10-12-17)15-24-19-7-3-2-4-8-19/h2-4,7-12,18,21H,5-6,13-15H2,1H3. The van der Waals surface area contributed by atoms with Crippen LogP contribution in [-0.2, 0) is 5.75 Å². The Morgan fingerprint density at radius 2 is 1.92 bits per heavy atom. The summed E-state index contributed by atoms with van der Waals surface area (Å²) in [6.07, 6.45) is 2.20. The average molecular weight is 340 g/mol. The monoisotopic (exact) mass is 340 g/mol. The van der Waals surface area contributed by atoms with E-state index in [-0.39, 0.29) is 5.91 Å². The third kappa shape index (κ3) is 4.19. The maximum Gasteiger partial charge on any atom is 0.254 e. The minimum Gasteiger partial charge on any atom is -0.334 e. The summed E-state index contributed by atoms with van der Waals surface area (Å²) in [6, 6.07) is 18.8. The fraction of sp³-hybridized carbons (Fsp3) is 0.350. The number of likely N-dealkylation sites (tertiary alicyclic amines) is 1. The molecule has 1 amide bonds. The Labute approximate surface area is 148 Å². The molecule has 3 nitrogen and oxygen atoms in total. The molecular formula is C20H24N2OS. The fourth-order valence-corrected chi connectivity index (χ4v) is 4.02. The normalized spacial score (nSPS) is 17.2. The first-order valence-electron chi connectivity index (χ1n) is 8.50. The van der Waals surface area contributed by atoms with E-state index in [0.29, 0.717) is 6.04 Å². The molecule has 0 bridgehead atoms. The van der Waals surface area contributed by atoms with Crippen molar-refractivity contribution in [2.45, 2.75) is 29.5 Å². The SMILES string of the molecule is CNCC1CCCN1C(=O)c1ccc(CSc2ccccc2)cc1. The minimum absolute atomic E-state index is 0.162. The van der Waals surface area contributed by atoms with Crippen molar-refractivity contribution in [3.63, 3.8) is 0 Å². The van der Waals surface area contributed by atoms with Crippen molar-refractivity contribution in [2.75, 3.05) is 20.1 Å². The van der Waals surface area contributed by atoms with Crippen LogP contribution in [0.25, 0.3) is 0 Å². The Balaban J connectivity index is 1.60. The van der Waals surface area contributed by atoms with Crippen LogP contribution < -0.4 is 5.32 Å². The van der Waals surface area contributed by atoms with Gasteiger partial charge in [-0.2, -0.15) is 0 Å². The van der Waals surface area contributed by atoms with Crippen molar-refractivity contribution < 1.29 is 4.79 Å². The highest BCUT2D eigenvalue weighted by Gasteiger charge is 2.28. The maximum absolute atomic E-state index is 12.7. The molecule has 1 fully saturated rings. The lowest BCUT2D eigenvalue weighted by molar-refractivity contribution is 0.0737. The largest absolute Gasteiger partial charge is 0.334 e. The molecule has 0 spiro atoms. The molecule has 1 aliphatic heterocycles. The fourth-order valence-electron chi connectivity index (χ4n) is 3.14. The molecule has 2 aromatic carbocycles. The van der Waals surface area contributed by atoms with E-state index in [0.717, 1.165) is 37.2 Å². The summed E-state index contributed by atoms with van der Waals surface area (Å²) in [5.74, 6) is 1.08. The van der Waals surface area contributed by atoms with Gasteiger partial charge in [-0.15, -0.1) is 11.8 Å². The topological polar surface area (TPSA) is 32.3 Å². The zero-order valence-corrected chi connectivity index (χ0v) is 14.9. The number of likely N-dealkylation sites (N-methyl/N-ethyl adjacent to an activating group) is 1. The number of hydrogen-bond donors (Lipinski definition) is 1. The van der Waals surface area contributed by atoms with Gasteiger partial charge in [-0.25, -0.2) is 0 Å². The van der Waals surface area contributed by atoms with Crippen LogP contribution in [0.5, 0.6) is 0 Å². The van der Waals surface area contributed by atoms with Gasteiger partial charge in [-0.3, -0.25) is 4.79 Å². The van der Waals surface area contributed by atoms with Gasteiger partial charge in [0.05, 0.1) is 0 Å². The lowest BCUT2D eigenvalue weighted by Gasteiger charge is -2.24. The van der Waals surface area contributed by atoms with Crippen LogP contribution in [0.4, 0.5) is 0 Å². The van der Waals surface area contributed by atoms with Gasteiger partial charge in [-0.05, 0) is 49.7 Å². The summed E-state index contributed by atoms with van der Waals surface area (Å²) >= 11 is 1.82. The molecule has 1 saturated heterocycles. The Kier molecular flexibility index (Phi) is 5.94. The molecule has 2 aromatic rings. The quantitative estimate of drug-likeness (QED) is 0.812. The van der Waals surface area contributed by atoms with Crippen LogP contribution in [0.1, 0.15) is 28.8 Å². The average Bonchev–Trinajstić information content (AvgIpc) is 3.09. The number of hydrogen-bond acceptors (Lipinski definition) is 3. The number of nitrogens with zero attached hydrogens (tertiary/aromatic N) is 1. The second-order valence-electron chi connectivity index (χ2n) is 6.15. The van der Waals surface area contributed by atoms with Crippen molar-refractivity contribution in [1.29, 1.82) is 0 Å². The summed E-state index contributed by atoms with van der Waals surface area (Å²) in [4.78, 5) is 16.0. The van der Waals surface area contributed by atoms with E-state index in [1.165, 1.54) is 10.5 Å². The van der Waals surface area contributed by atoms with Crippen molar-refractivity contribution >= 4 is 17.7 Å². The molecule has 1 N–H and O–H groups in total. The van der Waals surface area contributed by atoms with Gasteiger partial charge in [-0.1, -0.05) is 30.3 Å². The van der Waals surface area contributed by atoms with E-state index in [9.17, 15) is 4.79 Å². The van der Waals surface area contributed by atoms with E-state index in [4.69, 9.17) is 0 Å². The van der Waals surface area contributed by atoms with Gasteiger partial charge in [0, 0.05) is 35.3 Å².